The van der Waals surface area contributed by atoms with Crippen LogP contribution in [0.25, 0.3) is 0 Å². The van der Waals surface area contributed by atoms with Crippen LogP contribution in [0.2, 0.25) is 0 Å². The third-order valence-corrected chi connectivity index (χ3v) is 2.92. The van der Waals surface area contributed by atoms with Crippen molar-refractivity contribution in [3.8, 4) is 0 Å². The van der Waals surface area contributed by atoms with Gasteiger partial charge in [-0.15, -0.1) is 0 Å². The minimum Gasteiger partial charge on any atom is -0.362 e. The van der Waals surface area contributed by atoms with E-state index in [4.69, 9.17) is 0 Å². The largest absolute Gasteiger partial charge is 0.438 e. The third-order valence-electron chi connectivity index (χ3n) is 2.51. The number of aliphatic hydroxyl groups is 1. The van der Waals surface area contributed by atoms with Crippen LogP contribution in [0.1, 0.15) is 6.42 Å². The Morgan fingerprint density at radius 1 is 1.58 bits per heavy atom. The van der Waals surface area contributed by atoms with Crippen LogP contribution in [0.4, 0.5) is 13.2 Å². The summed E-state index contributed by atoms with van der Waals surface area (Å²) in [5, 5.41) is 16.6. The van der Waals surface area contributed by atoms with Gasteiger partial charge in [0.15, 0.2) is 0 Å². The van der Waals surface area contributed by atoms with Crippen molar-refractivity contribution in [1.29, 1.82) is 0 Å². The van der Waals surface area contributed by atoms with Gasteiger partial charge >= 0.3 is 6.18 Å². The van der Waals surface area contributed by atoms with Gasteiger partial charge in [0.05, 0.1) is 10.7 Å². The number of aromatic nitrogens is 2. The van der Waals surface area contributed by atoms with Crippen molar-refractivity contribution < 1.29 is 23.1 Å². The molecule has 1 aromatic heterocycles. The van der Waals surface area contributed by atoms with Crippen LogP contribution in [-0.2, 0) is 11.3 Å². The molecule has 6 nitrogen and oxygen atoms in total. The number of nitrogens with zero attached hydrogens (tertiary/aromatic N) is 4. The highest BCUT2D eigenvalue weighted by molar-refractivity contribution is 9.10. The fourth-order valence-electron chi connectivity index (χ4n) is 1.57. The van der Waals surface area contributed by atoms with Gasteiger partial charge in [0.1, 0.15) is 6.54 Å². The summed E-state index contributed by atoms with van der Waals surface area (Å²) in [7, 11) is 0. The molecule has 0 aromatic carbocycles. The molecule has 0 spiro atoms. The number of hydrogen-bond acceptors (Lipinski definition) is 4. The molecular formula is C9H8BrF3N4O2. The predicted molar refractivity (Wildman–Crippen MR) is 60.9 cm³/mol. The van der Waals surface area contributed by atoms with Crippen LogP contribution in [0, 0.1) is 0 Å². The van der Waals surface area contributed by atoms with E-state index in [0.717, 1.165) is 10.9 Å². The van der Waals surface area contributed by atoms with Gasteiger partial charge in [-0.1, -0.05) is 0 Å². The van der Waals surface area contributed by atoms with Crippen LogP contribution < -0.4 is 0 Å². The zero-order valence-electron chi connectivity index (χ0n) is 9.30. The number of alkyl halides is 3. The van der Waals surface area contributed by atoms with Crippen molar-refractivity contribution in [2.24, 2.45) is 5.10 Å². The zero-order chi connectivity index (χ0) is 14.3. The van der Waals surface area contributed by atoms with Crippen molar-refractivity contribution >= 4 is 28.1 Å². The van der Waals surface area contributed by atoms with Crippen LogP contribution >= 0.6 is 15.9 Å². The maximum Gasteiger partial charge on any atom is 0.438 e. The molecule has 1 aliphatic rings. The summed E-state index contributed by atoms with van der Waals surface area (Å²) >= 11 is 3.09. The summed E-state index contributed by atoms with van der Waals surface area (Å²) in [5.41, 5.74) is -3.28. The van der Waals surface area contributed by atoms with Crippen LogP contribution in [0.5, 0.6) is 0 Å². The van der Waals surface area contributed by atoms with Crippen molar-refractivity contribution in [3.05, 3.63) is 16.9 Å². The molecule has 1 atom stereocenters. The molecule has 1 aliphatic heterocycles. The van der Waals surface area contributed by atoms with E-state index in [1.807, 2.05) is 0 Å². The molecule has 10 heteroatoms. The highest BCUT2D eigenvalue weighted by Crippen LogP contribution is 2.38. The van der Waals surface area contributed by atoms with Crippen LogP contribution in [0.3, 0.4) is 0 Å². The summed E-state index contributed by atoms with van der Waals surface area (Å²) in [5.74, 6) is -1.01. The number of halogens is 4. The molecule has 104 valence electrons. The lowest BCUT2D eigenvalue weighted by Gasteiger charge is -2.32. The Morgan fingerprint density at radius 3 is 2.79 bits per heavy atom. The van der Waals surface area contributed by atoms with E-state index in [9.17, 15) is 23.1 Å². The average Bonchev–Trinajstić information content (AvgIpc) is 2.85. The number of carbonyl (C=O) groups is 1. The molecule has 1 amide bonds. The van der Waals surface area contributed by atoms with Gasteiger partial charge in [-0.2, -0.15) is 28.4 Å². The van der Waals surface area contributed by atoms with Gasteiger partial charge in [0.2, 0.25) is 0 Å². The molecular weight excluding hydrogens is 333 g/mol. The van der Waals surface area contributed by atoms with Gasteiger partial charge in [0.25, 0.3) is 11.6 Å². The summed E-state index contributed by atoms with van der Waals surface area (Å²) < 4.78 is 39.9. The predicted octanol–water partition coefficient (Wildman–Crippen LogP) is 1.11. The van der Waals surface area contributed by atoms with E-state index in [-0.39, 0.29) is 5.01 Å². The molecule has 1 aromatic rings. The molecule has 1 N–H and O–H groups in total. The van der Waals surface area contributed by atoms with E-state index in [2.05, 4.69) is 26.1 Å². The second-order valence-electron chi connectivity index (χ2n) is 3.88. The topological polar surface area (TPSA) is 70.7 Å². The monoisotopic (exact) mass is 340 g/mol. The number of carbonyl (C=O) groups excluding carboxylic acids is 1. The summed E-state index contributed by atoms with van der Waals surface area (Å²) in [6.45, 7) is -0.457. The van der Waals surface area contributed by atoms with E-state index >= 15 is 0 Å². The Kier molecular flexibility index (Phi) is 3.39. The number of rotatable bonds is 2. The standard InChI is InChI=1S/C9H8BrF3N4O2/c10-6-3-15-16(4-6)5-7(18)17-8(19,1-2-14-17)9(11,12)13/h2-4,19H,1,5H2. The quantitative estimate of drug-likeness (QED) is 0.876. The van der Waals surface area contributed by atoms with Crippen molar-refractivity contribution in [3.63, 3.8) is 0 Å². The van der Waals surface area contributed by atoms with E-state index < -0.39 is 30.8 Å². The first-order chi connectivity index (χ1) is 8.74. The summed E-state index contributed by atoms with van der Waals surface area (Å²) in [6.07, 6.45) is -2.11. The Labute approximate surface area is 113 Å². The van der Waals surface area contributed by atoms with Gasteiger partial charge < -0.3 is 5.11 Å². The third kappa shape index (κ3) is 2.50. The van der Waals surface area contributed by atoms with E-state index in [1.54, 1.807) is 0 Å². The lowest BCUT2D eigenvalue weighted by Crippen LogP contribution is -2.57. The normalized spacial score (nSPS) is 23.1. The fraction of sp³-hybridized carbons (Fsp3) is 0.444. The van der Waals surface area contributed by atoms with Gasteiger partial charge in [-0.05, 0) is 15.9 Å². The highest BCUT2D eigenvalue weighted by Gasteiger charge is 2.61. The maximum absolute atomic E-state index is 12.7. The second-order valence-corrected chi connectivity index (χ2v) is 4.79. The Morgan fingerprint density at radius 2 is 2.26 bits per heavy atom. The molecule has 2 heterocycles. The molecule has 0 fully saturated rings. The molecule has 1 unspecified atom stereocenters. The first kappa shape index (κ1) is 14.0. The molecule has 0 aliphatic carbocycles. The number of hydrazone groups is 1. The van der Waals surface area contributed by atoms with Gasteiger partial charge in [-0.3, -0.25) is 9.48 Å². The van der Waals surface area contributed by atoms with Crippen molar-refractivity contribution in [2.75, 3.05) is 0 Å². The van der Waals surface area contributed by atoms with Crippen LogP contribution in [-0.4, -0.2) is 43.9 Å². The number of hydrogen-bond donors (Lipinski definition) is 1. The number of amides is 1. The van der Waals surface area contributed by atoms with Gasteiger partial charge in [0, 0.05) is 18.8 Å². The van der Waals surface area contributed by atoms with Crippen LogP contribution in [0.15, 0.2) is 22.0 Å². The molecule has 0 bridgehead atoms. The summed E-state index contributed by atoms with van der Waals surface area (Å²) in [6, 6.07) is 0. The van der Waals surface area contributed by atoms with Gasteiger partial charge in [-0.25, -0.2) is 0 Å². The highest BCUT2D eigenvalue weighted by atomic mass is 79.9. The Bertz CT molecular complexity index is 530. The minimum absolute atomic E-state index is 0.0442. The average molecular weight is 341 g/mol. The molecule has 0 saturated heterocycles. The molecule has 2 rings (SSSR count). The summed E-state index contributed by atoms with van der Waals surface area (Å²) in [4.78, 5) is 11.8. The minimum atomic E-state index is -4.98. The molecule has 19 heavy (non-hydrogen) atoms. The maximum atomic E-state index is 12.7. The lowest BCUT2D eigenvalue weighted by molar-refractivity contribution is -0.302. The molecule has 0 saturated carbocycles. The van der Waals surface area contributed by atoms with E-state index in [1.165, 1.54) is 12.4 Å². The Hall–Kier alpha value is -1.42. The first-order valence-electron chi connectivity index (χ1n) is 5.06. The first-order valence-corrected chi connectivity index (χ1v) is 5.86. The zero-order valence-corrected chi connectivity index (χ0v) is 10.9. The van der Waals surface area contributed by atoms with Crippen molar-refractivity contribution in [1.82, 2.24) is 14.8 Å². The van der Waals surface area contributed by atoms with Crippen molar-refractivity contribution in [2.45, 2.75) is 24.9 Å². The SMILES string of the molecule is O=C(Cn1cc(Br)cn1)N1N=CCC1(O)C(F)(F)F. The Balaban J connectivity index is 2.16. The lowest BCUT2D eigenvalue weighted by atomic mass is 10.1. The van der Waals surface area contributed by atoms with E-state index in [0.29, 0.717) is 4.47 Å². The molecule has 0 radical (unpaired) electrons. The second kappa shape index (κ2) is 4.60. The smallest absolute Gasteiger partial charge is 0.362 e. The fourth-order valence-corrected chi connectivity index (χ4v) is 1.90.